The molecule has 0 bridgehead atoms. The standard InChI is InChI=1S/C20H25N3O3S.ClH/c1-14-3-9-17(10-4-14)23-27(25,26)18-11-5-15(6-12-18)19(24)22-20(2,13-21)16-7-8-16;/h3-6,9-12,16,23H,7-8,13,21H2,1-2H3,(H,22,24);1H. The summed E-state index contributed by atoms with van der Waals surface area (Å²) in [4.78, 5) is 12.6. The van der Waals surface area contributed by atoms with E-state index in [1.165, 1.54) is 24.3 Å². The topological polar surface area (TPSA) is 101 Å². The molecular formula is C20H26ClN3O3S. The Kier molecular flexibility index (Phi) is 6.75. The number of hydrogen-bond acceptors (Lipinski definition) is 4. The van der Waals surface area contributed by atoms with Gasteiger partial charge < -0.3 is 11.1 Å². The average Bonchev–Trinajstić information content (AvgIpc) is 3.49. The smallest absolute Gasteiger partial charge is 0.261 e. The normalized spacial score (nSPS) is 15.8. The van der Waals surface area contributed by atoms with Crippen LogP contribution >= 0.6 is 12.4 Å². The third-order valence-corrected chi connectivity index (χ3v) is 6.43. The Hall–Kier alpha value is -2.09. The third-order valence-electron chi connectivity index (χ3n) is 5.03. The maximum atomic E-state index is 12.5. The van der Waals surface area contributed by atoms with Crippen LogP contribution in [0.2, 0.25) is 0 Å². The van der Waals surface area contributed by atoms with Gasteiger partial charge in [-0.15, -0.1) is 12.4 Å². The van der Waals surface area contributed by atoms with E-state index in [0.717, 1.165) is 18.4 Å². The molecule has 1 unspecified atom stereocenters. The second-order valence-corrected chi connectivity index (χ2v) is 9.03. The maximum Gasteiger partial charge on any atom is 0.261 e. The first-order chi connectivity index (χ1) is 12.7. The van der Waals surface area contributed by atoms with Crippen LogP contribution < -0.4 is 15.8 Å². The molecule has 1 amide bonds. The number of carbonyl (C=O) groups excluding carboxylic acids is 1. The Bertz CT molecular complexity index is 926. The predicted octanol–water partition coefficient (Wildman–Crippen LogP) is 3.07. The fraction of sp³-hybridized carbons (Fsp3) is 0.350. The second kappa shape index (κ2) is 8.51. The Balaban J connectivity index is 0.00000280. The molecule has 1 aliphatic rings. The molecule has 2 aromatic carbocycles. The van der Waals surface area contributed by atoms with E-state index in [1.807, 2.05) is 26.0 Å². The highest BCUT2D eigenvalue weighted by Crippen LogP contribution is 2.39. The Labute approximate surface area is 172 Å². The van der Waals surface area contributed by atoms with E-state index in [-0.39, 0.29) is 23.2 Å². The summed E-state index contributed by atoms with van der Waals surface area (Å²) in [5.74, 6) is 0.162. The summed E-state index contributed by atoms with van der Waals surface area (Å²) in [7, 11) is -3.71. The van der Waals surface area contributed by atoms with Crippen LogP contribution in [0.4, 0.5) is 5.69 Å². The van der Waals surface area contributed by atoms with Crippen molar-refractivity contribution >= 4 is 34.0 Å². The van der Waals surface area contributed by atoms with Crippen LogP contribution in [0, 0.1) is 12.8 Å². The van der Waals surface area contributed by atoms with E-state index in [9.17, 15) is 13.2 Å². The summed E-state index contributed by atoms with van der Waals surface area (Å²) in [5, 5.41) is 3.00. The highest BCUT2D eigenvalue weighted by Gasteiger charge is 2.41. The lowest BCUT2D eigenvalue weighted by atomic mass is 9.95. The van der Waals surface area contributed by atoms with Gasteiger partial charge in [-0.1, -0.05) is 17.7 Å². The molecule has 0 aliphatic heterocycles. The zero-order valence-electron chi connectivity index (χ0n) is 15.9. The van der Waals surface area contributed by atoms with E-state index in [2.05, 4.69) is 10.0 Å². The number of halogens is 1. The molecule has 0 radical (unpaired) electrons. The van der Waals surface area contributed by atoms with E-state index < -0.39 is 15.6 Å². The van der Waals surface area contributed by atoms with Crippen molar-refractivity contribution in [2.75, 3.05) is 11.3 Å². The fourth-order valence-corrected chi connectivity index (χ4v) is 4.05. The molecule has 3 rings (SSSR count). The van der Waals surface area contributed by atoms with Gasteiger partial charge in [-0.2, -0.15) is 0 Å². The summed E-state index contributed by atoms with van der Waals surface area (Å²) in [6, 6.07) is 13.0. The van der Waals surface area contributed by atoms with Crippen LogP contribution in [0.15, 0.2) is 53.4 Å². The molecule has 8 heteroatoms. The summed E-state index contributed by atoms with van der Waals surface area (Å²) < 4.78 is 27.6. The van der Waals surface area contributed by atoms with Crippen molar-refractivity contribution in [3.63, 3.8) is 0 Å². The van der Waals surface area contributed by atoms with Crippen molar-refractivity contribution < 1.29 is 13.2 Å². The minimum absolute atomic E-state index is 0. The minimum Gasteiger partial charge on any atom is -0.345 e. The van der Waals surface area contributed by atoms with Gasteiger partial charge in [-0.05, 0) is 69.0 Å². The Morgan fingerprint density at radius 1 is 1.11 bits per heavy atom. The Morgan fingerprint density at radius 2 is 1.68 bits per heavy atom. The molecule has 1 atom stereocenters. The van der Waals surface area contributed by atoms with Crippen LogP contribution in [0.5, 0.6) is 0 Å². The number of carbonyl (C=O) groups is 1. The van der Waals surface area contributed by atoms with Crippen molar-refractivity contribution in [1.29, 1.82) is 0 Å². The average molecular weight is 424 g/mol. The van der Waals surface area contributed by atoms with Gasteiger partial charge >= 0.3 is 0 Å². The largest absolute Gasteiger partial charge is 0.345 e. The molecule has 0 spiro atoms. The van der Waals surface area contributed by atoms with Crippen LogP contribution in [0.25, 0.3) is 0 Å². The van der Waals surface area contributed by atoms with Gasteiger partial charge in [0.25, 0.3) is 15.9 Å². The van der Waals surface area contributed by atoms with Gasteiger partial charge in [0.05, 0.1) is 10.4 Å². The fourth-order valence-electron chi connectivity index (χ4n) is 2.99. The van der Waals surface area contributed by atoms with Gasteiger partial charge in [-0.25, -0.2) is 8.42 Å². The summed E-state index contributed by atoms with van der Waals surface area (Å²) >= 11 is 0. The quantitative estimate of drug-likeness (QED) is 0.636. The van der Waals surface area contributed by atoms with E-state index in [1.54, 1.807) is 12.1 Å². The van der Waals surface area contributed by atoms with E-state index >= 15 is 0 Å². The van der Waals surface area contributed by atoms with Gasteiger partial charge in [0.15, 0.2) is 0 Å². The predicted molar refractivity (Wildman–Crippen MR) is 113 cm³/mol. The number of hydrogen-bond donors (Lipinski definition) is 3. The van der Waals surface area contributed by atoms with Gasteiger partial charge in [0.2, 0.25) is 0 Å². The van der Waals surface area contributed by atoms with E-state index in [4.69, 9.17) is 5.73 Å². The number of nitrogens with two attached hydrogens (primary N) is 1. The van der Waals surface area contributed by atoms with Crippen LogP contribution in [0.1, 0.15) is 35.7 Å². The molecule has 1 saturated carbocycles. The number of amides is 1. The summed E-state index contributed by atoms with van der Waals surface area (Å²) in [6.45, 7) is 4.25. The highest BCUT2D eigenvalue weighted by atomic mass is 35.5. The number of anilines is 1. The van der Waals surface area contributed by atoms with Crippen molar-refractivity contribution in [3.05, 3.63) is 59.7 Å². The van der Waals surface area contributed by atoms with Crippen LogP contribution in [0.3, 0.4) is 0 Å². The zero-order chi connectivity index (χ0) is 19.7. The molecule has 6 nitrogen and oxygen atoms in total. The molecule has 0 heterocycles. The van der Waals surface area contributed by atoms with Gasteiger partial charge in [0, 0.05) is 17.8 Å². The first-order valence-corrected chi connectivity index (χ1v) is 10.4. The molecule has 28 heavy (non-hydrogen) atoms. The lowest BCUT2D eigenvalue weighted by molar-refractivity contribution is 0.0897. The monoisotopic (exact) mass is 423 g/mol. The summed E-state index contributed by atoms with van der Waals surface area (Å²) in [5.41, 5.74) is 7.36. The third kappa shape index (κ3) is 5.04. The molecule has 2 aromatic rings. The number of benzene rings is 2. The lowest BCUT2D eigenvalue weighted by Gasteiger charge is -2.29. The van der Waals surface area contributed by atoms with Gasteiger partial charge in [0.1, 0.15) is 0 Å². The van der Waals surface area contributed by atoms with Crippen molar-refractivity contribution in [1.82, 2.24) is 5.32 Å². The maximum absolute atomic E-state index is 12.5. The van der Waals surface area contributed by atoms with Crippen LogP contribution in [-0.4, -0.2) is 26.4 Å². The molecular weight excluding hydrogens is 398 g/mol. The number of nitrogens with one attached hydrogen (secondary N) is 2. The van der Waals surface area contributed by atoms with Crippen molar-refractivity contribution in [2.45, 2.75) is 37.1 Å². The highest BCUT2D eigenvalue weighted by molar-refractivity contribution is 7.92. The zero-order valence-corrected chi connectivity index (χ0v) is 17.6. The molecule has 1 aliphatic carbocycles. The van der Waals surface area contributed by atoms with E-state index in [0.29, 0.717) is 23.7 Å². The van der Waals surface area contributed by atoms with Crippen LogP contribution in [-0.2, 0) is 10.0 Å². The molecule has 0 saturated heterocycles. The first kappa shape index (κ1) is 22.2. The van der Waals surface area contributed by atoms with Crippen molar-refractivity contribution in [3.8, 4) is 0 Å². The summed E-state index contributed by atoms with van der Waals surface area (Å²) in [6.07, 6.45) is 2.13. The molecule has 0 aromatic heterocycles. The first-order valence-electron chi connectivity index (χ1n) is 8.96. The number of aryl methyl sites for hydroxylation is 1. The second-order valence-electron chi connectivity index (χ2n) is 7.35. The SMILES string of the molecule is Cc1ccc(NS(=O)(=O)c2ccc(C(=O)NC(C)(CN)C3CC3)cc2)cc1.Cl. The number of sulfonamides is 1. The minimum atomic E-state index is -3.71. The molecule has 1 fully saturated rings. The Morgan fingerprint density at radius 3 is 2.18 bits per heavy atom. The van der Waals surface area contributed by atoms with Crippen molar-refractivity contribution in [2.24, 2.45) is 11.7 Å². The molecule has 152 valence electrons. The lowest BCUT2D eigenvalue weighted by Crippen LogP contribution is -2.53. The van der Waals surface area contributed by atoms with Gasteiger partial charge in [-0.3, -0.25) is 9.52 Å². The number of rotatable bonds is 7. The molecule has 4 N–H and O–H groups in total.